The van der Waals surface area contributed by atoms with Gasteiger partial charge in [0.15, 0.2) is 0 Å². The third-order valence-corrected chi connectivity index (χ3v) is 17.5. The molecular weight excluding hydrogens is 945 g/mol. The summed E-state index contributed by atoms with van der Waals surface area (Å²) in [5.74, 6) is 0. The van der Waals surface area contributed by atoms with E-state index in [0.717, 1.165) is 0 Å². The van der Waals surface area contributed by atoms with E-state index in [4.69, 9.17) is 0 Å². The lowest BCUT2D eigenvalue weighted by molar-refractivity contribution is 1.54. The summed E-state index contributed by atoms with van der Waals surface area (Å²) < 4.78 is 0. The molecule has 0 unspecified atom stereocenters. The summed E-state index contributed by atoms with van der Waals surface area (Å²) in [5, 5.41) is 7.75. The van der Waals surface area contributed by atoms with Gasteiger partial charge in [0.05, 0.1) is 0 Å². The van der Waals surface area contributed by atoms with Crippen molar-refractivity contribution in [2.45, 2.75) is 0 Å². The molecule has 0 radical (unpaired) electrons. The highest BCUT2D eigenvalue weighted by Gasteiger charge is 2.35. The standard InChI is InChI=1S/C76H46S/c1-7-23-47(24-8-1)65-57-35-19-20-36-58(57)66(48-25-9-2-10-26-48)74-61-43-41-53(55-37-21-39-59(71(55)61)73(65)74)63-45-46-64(77-63)54-42-44-62-72-56(54)38-22-40-60(72)75-69(51-31-15-5-16-32-51)67(49-27-11-3-12-28-49)68(50-29-13-4-14-30-50)70(76(62)75)52-33-17-6-18-34-52/h1-46H. The van der Waals surface area contributed by atoms with Gasteiger partial charge in [0.1, 0.15) is 0 Å². The largest absolute Gasteiger partial charge is 0.135 e. The van der Waals surface area contributed by atoms with E-state index in [1.165, 1.54) is 164 Å². The van der Waals surface area contributed by atoms with Gasteiger partial charge in [-0.2, -0.15) is 0 Å². The van der Waals surface area contributed by atoms with Crippen LogP contribution in [0.5, 0.6) is 0 Å². The minimum atomic E-state index is 1.20. The molecule has 0 bridgehead atoms. The molecule has 16 rings (SSSR count). The first-order valence-electron chi connectivity index (χ1n) is 26.7. The molecule has 0 fully saturated rings. The molecule has 356 valence electrons. The van der Waals surface area contributed by atoms with Gasteiger partial charge in [-0.1, -0.05) is 267 Å². The average Bonchev–Trinajstić information content (AvgIpc) is 4.39. The van der Waals surface area contributed by atoms with E-state index in [9.17, 15) is 0 Å². The maximum absolute atomic E-state index is 2.43. The first-order chi connectivity index (χ1) is 38.3. The van der Waals surface area contributed by atoms with Crippen molar-refractivity contribution in [1.82, 2.24) is 0 Å². The summed E-state index contributed by atoms with van der Waals surface area (Å²) >= 11 is 1.90. The van der Waals surface area contributed by atoms with Crippen molar-refractivity contribution in [2.75, 3.05) is 0 Å². The van der Waals surface area contributed by atoms with E-state index in [2.05, 4.69) is 279 Å². The van der Waals surface area contributed by atoms with Crippen LogP contribution in [0.4, 0.5) is 0 Å². The molecule has 2 aliphatic rings. The van der Waals surface area contributed by atoms with Crippen molar-refractivity contribution in [3.8, 4) is 132 Å². The minimum Gasteiger partial charge on any atom is -0.135 e. The van der Waals surface area contributed by atoms with Gasteiger partial charge in [0.25, 0.3) is 0 Å². The molecule has 0 nitrogen and oxygen atoms in total. The van der Waals surface area contributed by atoms with Gasteiger partial charge >= 0.3 is 0 Å². The van der Waals surface area contributed by atoms with Crippen molar-refractivity contribution < 1.29 is 0 Å². The maximum atomic E-state index is 2.43. The zero-order valence-electron chi connectivity index (χ0n) is 42.0. The summed E-state index contributed by atoms with van der Waals surface area (Å²) in [6, 6.07) is 104. The quantitative estimate of drug-likeness (QED) is 0.142. The second-order valence-electron chi connectivity index (χ2n) is 20.4. The third-order valence-electron chi connectivity index (χ3n) is 16.4. The molecule has 1 heterocycles. The van der Waals surface area contributed by atoms with Gasteiger partial charge in [0, 0.05) is 9.75 Å². The van der Waals surface area contributed by atoms with Crippen molar-refractivity contribution in [3.05, 3.63) is 279 Å². The monoisotopic (exact) mass is 990 g/mol. The normalized spacial score (nSPS) is 11.9. The lowest BCUT2D eigenvalue weighted by atomic mass is 9.76. The first-order valence-corrected chi connectivity index (χ1v) is 27.5. The Balaban J connectivity index is 0.912. The molecular formula is C76H46S. The second-order valence-corrected chi connectivity index (χ2v) is 21.5. The zero-order chi connectivity index (χ0) is 50.6. The fraction of sp³-hybridized carbons (Fsp3) is 0. The van der Waals surface area contributed by atoms with E-state index in [-0.39, 0.29) is 0 Å². The Morgan fingerprint density at radius 1 is 0.156 bits per heavy atom. The summed E-state index contributed by atoms with van der Waals surface area (Å²) in [5.41, 5.74) is 27.9. The smallest absolute Gasteiger partial charge is 0.0355 e. The van der Waals surface area contributed by atoms with E-state index < -0.39 is 0 Å². The highest BCUT2D eigenvalue weighted by Crippen LogP contribution is 2.63. The molecule has 0 amide bonds. The van der Waals surface area contributed by atoms with Crippen LogP contribution in [0.3, 0.4) is 0 Å². The van der Waals surface area contributed by atoms with Crippen LogP contribution >= 0.6 is 11.3 Å². The van der Waals surface area contributed by atoms with E-state index in [0.29, 0.717) is 0 Å². The Morgan fingerprint density at radius 2 is 0.403 bits per heavy atom. The van der Waals surface area contributed by atoms with Crippen LogP contribution in [0.1, 0.15) is 0 Å². The number of rotatable bonds is 8. The molecule has 0 N–H and O–H groups in total. The molecule has 1 aromatic heterocycles. The van der Waals surface area contributed by atoms with Crippen LogP contribution in [-0.4, -0.2) is 0 Å². The molecule has 1 heteroatoms. The Bertz CT molecular complexity index is 4460. The first kappa shape index (κ1) is 43.7. The summed E-state index contributed by atoms with van der Waals surface area (Å²) in [6.07, 6.45) is 0. The van der Waals surface area contributed by atoms with E-state index in [1.54, 1.807) is 0 Å². The average molecular weight is 991 g/mol. The van der Waals surface area contributed by atoms with Gasteiger partial charge in [-0.3, -0.25) is 0 Å². The predicted octanol–water partition coefficient (Wildman–Crippen LogP) is 21.8. The molecule has 14 aromatic rings. The van der Waals surface area contributed by atoms with Gasteiger partial charge in [-0.15, -0.1) is 11.3 Å². The zero-order valence-corrected chi connectivity index (χ0v) is 42.8. The molecule has 13 aromatic carbocycles. The summed E-state index contributed by atoms with van der Waals surface area (Å²) in [6.45, 7) is 0. The summed E-state index contributed by atoms with van der Waals surface area (Å²) in [7, 11) is 0. The van der Waals surface area contributed by atoms with Crippen molar-refractivity contribution in [2.24, 2.45) is 0 Å². The second kappa shape index (κ2) is 17.5. The van der Waals surface area contributed by atoms with Crippen molar-refractivity contribution in [3.63, 3.8) is 0 Å². The molecule has 0 saturated heterocycles. The molecule has 0 spiro atoms. The third kappa shape index (κ3) is 6.58. The Kier molecular flexibility index (Phi) is 9.92. The fourth-order valence-corrected chi connectivity index (χ4v) is 14.4. The number of thiophene rings is 1. The van der Waals surface area contributed by atoms with Crippen LogP contribution in [0, 0.1) is 0 Å². The number of benzene rings is 13. The molecule has 0 aliphatic heterocycles. The van der Waals surface area contributed by atoms with Gasteiger partial charge in [-0.25, -0.2) is 0 Å². The van der Waals surface area contributed by atoms with Crippen LogP contribution in [0.15, 0.2) is 279 Å². The Labute approximate surface area is 452 Å². The number of hydrogen-bond donors (Lipinski definition) is 0. The van der Waals surface area contributed by atoms with Crippen LogP contribution in [-0.2, 0) is 0 Å². The summed E-state index contributed by atoms with van der Waals surface area (Å²) in [4.78, 5) is 2.53. The lowest BCUT2D eigenvalue weighted by Gasteiger charge is -2.26. The highest BCUT2D eigenvalue weighted by atomic mass is 32.1. The predicted molar refractivity (Wildman–Crippen MR) is 329 cm³/mol. The van der Waals surface area contributed by atoms with Crippen LogP contribution in [0.2, 0.25) is 0 Å². The minimum absolute atomic E-state index is 1.20. The fourth-order valence-electron chi connectivity index (χ4n) is 13.4. The van der Waals surface area contributed by atoms with Gasteiger partial charge in [0.2, 0.25) is 0 Å². The Morgan fingerprint density at radius 3 is 0.740 bits per heavy atom. The maximum Gasteiger partial charge on any atom is 0.0355 e. The lowest BCUT2D eigenvalue weighted by Crippen LogP contribution is -1.99. The highest BCUT2D eigenvalue weighted by molar-refractivity contribution is 7.19. The van der Waals surface area contributed by atoms with E-state index in [1.807, 2.05) is 11.3 Å². The topological polar surface area (TPSA) is 0 Å². The Hall–Kier alpha value is -9.66. The molecule has 2 aliphatic carbocycles. The SMILES string of the molecule is c1ccc(-c2c(-c3ccccc3)c(-c3ccccc3)c3c(c2-c2ccccc2)-c2cccc4c(-c5ccc(-c6ccc7c8c(cccc68)-c6c-7c(-c7ccccc7)c7ccccc7c6-c6ccccc6)s5)ccc-3c24)cc1. The molecule has 77 heavy (non-hydrogen) atoms. The molecule has 0 saturated carbocycles. The van der Waals surface area contributed by atoms with Crippen molar-refractivity contribution >= 4 is 43.7 Å². The van der Waals surface area contributed by atoms with Gasteiger partial charge in [-0.05, 0) is 167 Å². The van der Waals surface area contributed by atoms with Crippen molar-refractivity contribution in [1.29, 1.82) is 0 Å². The van der Waals surface area contributed by atoms with Gasteiger partial charge < -0.3 is 0 Å². The number of hydrogen-bond acceptors (Lipinski definition) is 1. The van der Waals surface area contributed by atoms with Crippen LogP contribution < -0.4 is 0 Å². The van der Waals surface area contributed by atoms with Crippen LogP contribution in [0.25, 0.3) is 164 Å². The number of fused-ring (bicyclic) bond motifs is 7. The molecule has 0 atom stereocenters. The van der Waals surface area contributed by atoms with E-state index >= 15 is 0 Å².